The molecule has 0 saturated heterocycles. The second kappa shape index (κ2) is 4.31. The molecule has 3 aromatic rings. The van der Waals surface area contributed by atoms with E-state index in [0.717, 1.165) is 28.2 Å². The molecule has 0 fully saturated rings. The Hall–Kier alpha value is -2.49. The smallest absolute Gasteiger partial charge is 0.160 e. The van der Waals surface area contributed by atoms with Gasteiger partial charge in [-0.05, 0) is 42.8 Å². The molecule has 0 aliphatic rings. The molecule has 0 aliphatic carbocycles. The van der Waals surface area contributed by atoms with Gasteiger partial charge in [-0.1, -0.05) is 0 Å². The first-order valence-electron chi connectivity index (χ1n) is 6.06. The van der Waals surface area contributed by atoms with Crippen LogP contribution in [-0.4, -0.2) is 16.5 Å². The van der Waals surface area contributed by atoms with Crippen LogP contribution in [0.3, 0.4) is 0 Å². The summed E-state index contributed by atoms with van der Waals surface area (Å²) in [6, 6.07) is 9.76. The van der Waals surface area contributed by atoms with Crippen molar-refractivity contribution in [3.63, 3.8) is 0 Å². The summed E-state index contributed by atoms with van der Waals surface area (Å²) in [5.74, 6) is 0.836. The zero-order valence-electron chi connectivity index (χ0n) is 10.9. The number of pyridine rings is 1. The van der Waals surface area contributed by atoms with E-state index in [1.54, 1.807) is 7.11 Å². The van der Waals surface area contributed by atoms with Crippen LogP contribution in [0, 0.1) is 6.92 Å². The van der Waals surface area contributed by atoms with Gasteiger partial charge in [-0.3, -0.25) is 0 Å². The lowest BCUT2D eigenvalue weighted by Crippen LogP contribution is -1.93. The van der Waals surface area contributed by atoms with E-state index in [9.17, 15) is 0 Å². The molecule has 2 N–H and O–H groups in total. The summed E-state index contributed by atoms with van der Waals surface area (Å²) >= 11 is 0. The number of hydrogen-bond donors (Lipinski definition) is 1. The van der Waals surface area contributed by atoms with Gasteiger partial charge in [-0.25, -0.2) is 4.98 Å². The lowest BCUT2D eigenvalue weighted by molar-refractivity contribution is 0.415. The van der Waals surface area contributed by atoms with Gasteiger partial charge in [-0.2, -0.15) is 0 Å². The molecule has 0 radical (unpaired) electrons. The summed E-state index contributed by atoms with van der Waals surface area (Å²) in [6.07, 6.45) is 4.01. The van der Waals surface area contributed by atoms with Crippen LogP contribution in [0.5, 0.6) is 5.75 Å². The lowest BCUT2D eigenvalue weighted by Gasteiger charge is -2.00. The highest BCUT2D eigenvalue weighted by atomic mass is 16.5. The maximum absolute atomic E-state index is 5.99. The van der Waals surface area contributed by atoms with Crippen LogP contribution in [0.1, 0.15) is 5.56 Å². The number of fused-ring (bicyclic) bond motifs is 1. The minimum absolute atomic E-state index is 0.694. The molecule has 0 aliphatic heterocycles. The van der Waals surface area contributed by atoms with Crippen LogP contribution in [-0.2, 0) is 0 Å². The van der Waals surface area contributed by atoms with E-state index in [1.165, 1.54) is 0 Å². The van der Waals surface area contributed by atoms with Gasteiger partial charge < -0.3 is 14.9 Å². The molecule has 0 amide bonds. The molecule has 0 unspecified atom stereocenters. The molecule has 1 aromatic carbocycles. The molecule has 0 saturated carbocycles. The van der Waals surface area contributed by atoms with Crippen molar-refractivity contribution >= 4 is 11.3 Å². The average Bonchev–Trinajstić information content (AvgIpc) is 2.83. The number of imidazole rings is 1. The second-order valence-corrected chi connectivity index (χ2v) is 4.56. The van der Waals surface area contributed by atoms with Crippen molar-refractivity contribution in [2.45, 2.75) is 6.92 Å². The van der Waals surface area contributed by atoms with Crippen molar-refractivity contribution in [3.8, 4) is 17.0 Å². The Kier molecular flexibility index (Phi) is 2.63. The first-order chi connectivity index (χ1) is 9.17. The second-order valence-electron chi connectivity index (χ2n) is 4.56. The Bertz CT molecular complexity index is 729. The van der Waals surface area contributed by atoms with Crippen LogP contribution in [0.4, 0.5) is 5.69 Å². The zero-order valence-corrected chi connectivity index (χ0v) is 10.9. The van der Waals surface area contributed by atoms with E-state index in [1.807, 2.05) is 54.0 Å². The molecule has 2 aromatic heterocycles. The maximum atomic E-state index is 5.99. The molecule has 4 heteroatoms. The van der Waals surface area contributed by atoms with E-state index in [0.29, 0.717) is 5.69 Å². The number of benzene rings is 1. The molecular formula is C15H15N3O. The summed E-state index contributed by atoms with van der Waals surface area (Å²) in [5, 5.41) is 0. The van der Waals surface area contributed by atoms with Gasteiger partial charge in [0.05, 0.1) is 18.5 Å². The first kappa shape index (κ1) is 11.6. The van der Waals surface area contributed by atoms with E-state index in [-0.39, 0.29) is 0 Å². The number of anilines is 1. The number of ether oxygens (including phenoxy) is 1. The predicted molar refractivity (Wildman–Crippen MR) is 76.3 cm³/mol. The Labute approximate surface area is 111 Å². The Morgan fingerprint density at radius 3 is 2.58 bits per heavy atom. The van der Waals surface area contributed by atoms with E-state index < -0.39 is 0 Å². The minimum Gasteiger partial charge on any atom is -0.497 e. The van der Waals surface area contributed by atoms with Crippen molar-refractivity contribution < 1.29 is 4.74 Å². The van der Waals surface area contributed by atoms with Gasteiger partial charge >= 0.3 is 0 Å². The third kappa shape index (κ3) is 2.01. The number of nitrogens with two attached hydrogens (primary N) is 1. The van der Waals surface area contributed by atoms with E-state index in [4.69, 9.17) is 10.5 Å². The fraction of sp³-hybridized carbons (Fsp3) is 0.133. The summed E-state index contributed by atoms with van der Waals surface area (Å²) in [4.78, 5) is 4.58. The van der Waals surface area contributed by atoms with Crippen LogP contribution < -0.4 is 10.5 Å². The molecular weight excluding hydrogens is 238 g/mol. The fourth-order valence-corrected chi connectivity index (χ4v) is 2.17. The Balaban J connectivity index is 2.12. The van der Waals surface area contributed by atoms with Crippen LogP contribution in [0.15, 0.2) is 42.7 Å². The summed E-state index contributed by atoms with van der Waals surface area (Å²) in [6.45, 7) is 2.02. The number of rotatable bonds is 2. The number of nitrogen functional groups attached to an aromatic ring is 1. The molecule has 19 heavy (non-hydrogen) atoms. The van der Waals surface area contributed by atoms with Gasteiger partial charge in [0, 0.05) is 18.0 Å². The van der Waals surface area contributed by atoms with Crippen molar-refractivity contribution in [2.24, 2.45) is 0 Å². The maximum Gasteiger partial charge on any atom is 0.160 e. The van der Waals surface area contributed by atoms with E-state index in [2.05, 4.69) is 4.98 Å². The van der Waals surface area contributed by atoms with Crippen LogP contribution >= 0.6 is 0 Å². The number of methoxy groups -OCH3 is 1. The number of nitrogens with zero attached hydrogens (tertiary/aromatic N) is 2. The summed E-state index contributed by atoms with van der Waals surface area (Å²) in [7, 11) is 1.66. The zero-order chi connectivity index (χ0) is 13.4. The number of aromatic nitrogens is 2. The van der Waals surface area contributed by atoms with Gasteiger partial charge in [0.2, 0.25) is 0 Å². The molecule has 3 rings (SSSR count). The number of aryl methyl sites for hydroxylation is 1. The van der Waals surface area contributed by atoms with Crippen molar-refractivity contribution in [1.29, 1.82) is 0 Å². The SMILES string of the molecule is COc1ccc(-c2cn3cc(C)cc(N)c3n2)cc1. The van der Waals surface area contributed by atoms with Crippen molar-refractivity contribution in [2.75, 3.05) is 12.8 Å². The summed E-state index contributed by atoms with van der Waals surface area (Å²) < 4.78 is 7.12. The third-order valence-corrected chi connectivity index (χ3v) is 3.10. The Morgan fingerprint density at radius 1 is 1.16 bits per heavy atom. The van der Waals surface area contributed by atoms with E-state index >= 15 is 0 Å². The topological polar surface area (TPSA) is 52.5 Å². The molecule has 4 nitrogen and oxygen atoms in total. The normalized spacial score (nSPS) is 10.8. The molecule has 2 heterocycles. The highest BCUT2D eigenvalue weighted by Crippen LogP contribution is 2.24. The summed E-state index contributed by atoms with van der Waals surface area (Å²) in [5.41, 5.74) is 10.5. The average molecular weight is 253 g/mol. The van der Waals surface area contributed by atoms with Gasteiger partial charge in [0.1, 0.15) is 5.75 Å². The van der Waals surface area contributed by atoms with Gasteiger partial charge in [-0.15, -0.1) is 0 Å². The van der Waals surface area contributed by atoms with Gasteiger partial charge in [0.25, 0.3) is 0 Å². The van der Waals surface area contributed by atoms with Crippen LogP contribution in [0.2, 0.25) is 0 Å². The van der Waals surface area contributed by atoms with Crippen molar-refractivity contribution in [3.05, 3.63) is 48.3 Å². The number of hydrogen-bond acceptors (Lipinski definition) is 3. The van der Waals surface area contributed by atoms with Crippen LogP contribution in [0.25, 0.3) is 16.9 Å². The standard InChI is InChI=1S/C15H15N3O/c1-10-7-13(16)15-17-14(9-18(15)8-10)11-3-5-12(19-2)6-4-11/h3-9H,16H2,1-2H3. The molecule has 0 atom stereocenters. The highest BCUT2D eigenvalue weighted by Gasteiger charge is 2.07. The molecule has 0 bridgehead atoms. The quantitative estimate of drug-likeness (QED) is 0.764. The fourth-order valence-electron chi connectivity index (χ4n) is 2.17. The highest BCUT2D eigenvalue weighted by molar-refractivity contribution is 5.71. The first-order valence-corrected chi connectivity index (χ1v) is 6.06. The molecule has 96 valence electrons. The predicted octanol–water partition coefficient (Wildman–Crippen LogP) is 2.90. The lowest BCUT2D eigenvalue weighted by atomic mass is 10.2. The third-order valence-electron chi connectivity index (χ3n) is 3.10. The minimum atomic E-state index is 0.694. The molecule has 0 spiro atoms. The largest absolute Gasteiger partial charge is 0.497 e. The van der Waals surface area contributed by atoms with Gasteiger partial charge in [0.15, 0.2) is 5.65 Å². The Morgan fingerprint density at radius 2 is 1.89 bits per heavy atom. The monoisotopic (exact) mass is 253 g/mol. The van der Waals surface area contributed by atoms with Crippen molar-refractivity contribution in [1.82, 2.24) is 9.38 Å².